The van der Waals surface area contributed by atoms with Crippen molar-refractivity contribution in [2.24, 2.45) is 4.99 Å². The molecule has 2 rings (SSSR count). The van der Waals surface area contributed by atoms with E-state index in [0.717, 1.165) is 16.4 Å². The molecule has 1 aromatic heterocycles. The van der Waals surface area contributed by atoms with Crippen molar-refractivity contribution < 1.29 is 4.79 Å². The number of halogens is 2. The second-order valence-corrected chi connectivity index (χ2v) is 7.71. The molecule has 0 saturated heterocycles. The number of benzene rings is 1. The lowest BCUT2D eigenvalue weighted by molar-refractivity contribution is -0.116. The summed E-state index contributed by atoms with van der Waals surface area (Å²) < 4.78 is 0. The Balaban J connectivity index is 0.00000392. The summed E-state index contributed by atoms with van der Waals surface area (Å²) in [5, 5.41) is 13.1. The monoisotopic (exact) mass is 535 g/mol. The molecule has 2 aromatic rings. The number of carbonyl (C=O) groups excluding carboxylic acids is 1. The number of nitrogens with one attached hydrogen (secondary N) is 3. The molecule has 3 N–H and O–H groups in total. The van der Waals surface area contributed by atoms with Crippen LogP contribution in [0.1, 0.15) is 43.3 Å². The molecule has 0 fully saturated rings. The lowest BCUT2D eigenvalue weighted by Crippen LogP contribution is -2.37. The van der Waals surface area contributed by atoms with Gasteiger partial charge in [0.05, 0.1) is 12.2 Å². The maximum Gasteiger partial charge on any atom is 0.224 e. The van der Waals surface area contributed by atoms with Crippen molar-refractivity contribution in [1.82, 2.24) is 15.6 Å². The van der Waals surface area contributed by atoms with Crippen LogP contribution in [0.15, 0.2) is 34.6 Å². The number of anilines is 1. The van der Waals surface area contributed by atoms with E-state index in [9.17, 15) is 4.79 Å². The third kappa shape index (κ3) is 8.74. The van der Waals surface area contributed by atoms with Gasteiger partial charge in [-0.1, -0.05) is 25.4 Å². The minimum atomic E-state index is -0.0222. The predicted octanol–water partition coefficient (Wildman–Crippen LogP) is 4.62. The number of aliphatic imine (C=N–C) groups is 1. The van der Waals surface area contributed by atoms with Crippen LogP contribution >= 0.6 is 46.9 Å². The van der Waals surface area contributed by atoms with Crippen molar-refractivity contribution in [3.63, 3.8) is 0 Å². The highest BCUT2D eigenvalue weighted by Gasteiger charge is 2.07. The fourth-order valence-corrected chi connectivity index (χ4v) is 3.29. The molecule has 0 bridgehead atoms. The second-order valence-electron chi connectivity index (χ2n) is 6.33. The molecule has 1 amide bonds. The topological polar surface area (TPSA) is 78.4 Å². The highest BCUT2D eigenvalue weighted by Crippen LogP contribution is 2.17. The van der Waals surface area contributed by atoms with E-state index in [-0.39, 0.29) is 29.9 Å². The Morgan fingerprint density at radius 3 is 2.57 bits per heavy atom. The zero-order valence-electron chi connectivity index (χ0n) is 16.3. The third-order valence-corrected chi connectivity index (χ3v) is 4.91. The smallest absolute Gasteiger partial charge is 0.224 e. The van der Waals surface area contributed by atoms with Gasteiger partial charge in [-0.2, -0.15) is 0 Å². The highest BCUT2D eigenvalue weighted by molar-refractivity contribution is 14.0. The number of thiazole rings is 1. The summed E-state index contributed by atoms with van der Waals surface area (Å²) in [5.41, 5.74) is 1.87. The van der Waals surface area contributed by atoms with Crippen molar-refractivity contribution in [2.75, 3.05) is 18.9 Å². The van der Waals surface area contributed by atoms with Gasteiger partial charge < -0.3 is 16.0 Å². The van der Waals surface area contributed by atoms with E-state index in [2.05, 4.69) is 45.2 Å². The van der Waals surface area contributed by atoms with Crippen LogP contribution < -0.4 is 16.0 Å². The van der Waals surface area contributed by atoms with Gasteiger partial charge in [-0.05, 0) is 36.6 Å². The molecule has 0 aliphatic carbocycles. The standard InChI is InChI=1S/C19H26ClN5OS.HI/c1-13(2)16-12-27-18(25-16)11-23-19(21-3)22-10-4-5-17(26)24-15-8-6-14(20)7-9-15;/h6-9,12-13H,4-5,10-11H2,1-3H3,(H,24,26)(H2,21,22,23);1H. The molecule has 0 spiro atoms. The summed E-state index contributed by atoms with van der Waals surface area (Å²) in [6.45, 7) is 5.56. The summed E-state index contributed by atoms with van der Waals surface area (Å²) >= 11 is 7.48. The van der Waals surface area contributed by atoms with E-state index in [0.29, 0.717) is 42.8 Å². The van der Waals surface area contributed by atoms with Crippen LogP contribution in [0.25, 0.3) is 0 Å². The molecule has 0 saturated carbocycles. The molecule has 0 aliphatic rings. The molecular formula is C19H27ClIN5OS. The van der Waals surface area contributed by atoms with E-state index in [1.807, 2.05) is 0 Å². The number of hydrogen-bond donors (Lipinski definition) is 3. The minimum Gasteiger partial charge on any atom is -0.356 e. The van der Waals surface area contributed by atoms with Gasteiger partial charge in [0.25, 0.3) is 0 Å². The van der Waals surface area contributed by atoms with E-state index in [1.54, 1.807) is 42.6 Å². The van der Waals surface area contributed by atoms with Gasteiger partial charge in [0.15, 0.2) is 5.96 Å². The van der Waals surface area contributed by atoms with E-state index < -0.39 is 0 Å². The number of guanidine groups is 1. The van der Waals surface area contributed by atoms with Gasteiger partial charge >= 0.3 is 0 Å². The number of carbonyl (C=O) groups is 1. The lowest BCUT2D eigenvalue weighted by Gasteiger charge is -2.11. The van der Waals surface area contributed by atoms with Crippen molar-refractivity contribution in [1.29, 1.82) is 0 Å². The van der Waals surface area contributed by atoms with Crippen molar-refractivity contribution in [3.05, 3.63) is 45.4 Å². The Morgan fingerprint density at radius 1 is 1.25 bits per heavy atom. The van der Waals surface area contributed by atoms with Crippen LogP contribution in [0, 0.1) is 0 Å². The number of nitrogens with zero attached hydrogens (tertiary/aromatic N) is 2. The Bertz CT molecular complexity index is 764. The lowest BCUT2D eigenvalue weighted by atomic mass is 10.2. The van der Waals surface area contributed by atoms with Crippen LogP contribution in [-0.4, -0.2) is 30.4 Å². The van der Waals surface area contributed by atoms with E-state index in [4.69, 9.17) is 11.6 Å². The summed E-state index contributed by atoms with van der Waals surface area (Å²) in [6, 6.07) is 7.07. The maximum absolute atomic E-state index is 12.0. The first-order valence-electron chi connectivity index (χ1n) is 8.92. The number of hydrogen-bond acceptors (Lipinski definition) is 4. The molecule has 28 heavy (non-hydrogen) atoms. The SMILES string of the molecule is CN=C(NCCCC(=O)Nc1ccc(Cl)cc1)NCc1nc(C(C)C)cs1.I. The molecule has 1 aromatic carbocycles. The Kier molecular flexibility index (Phi) is 11.4. The third-order valence-electron chi connectivity index (χ3n) is 3.79. The van der Waals surface area contributed by atoms with Crippen molar-refractivity contribution >= 4 is 64.5 Å². The Morgan fingerprint density at radius 2 is 1.96 bits per heavy atom. The second kappa shape index (κ2) is 12.9. The molecule has 154 valence electrons. The molecule has 0 radical (unpaired) electrons. The average Bonchev–Trinajstić information content (AvgIpc) is 3.12. The molecular weight excluding hydrogens is 509 g/mol. The highest BCUT2D eigenvalue weighted by atomic mass is 127. The van der Waals surface area contributed by atoms with Crippen LogP contribution in [-0.2, 0) is 11.3 Å². The first-order chi connectivity index (χ1) is 13.0. The van der Waals surface area contributed by atoms with Crippen LogP contribution in [0.4, 0.5) is 5.69 Å². The summed E-state index contributed by atoms with van der Waals surface area (Å²) in [4.78, 5) is 20.7. The van der Waals surface area contributed by atoms with Gasteiger partial charge in [0, 0.05) is 36.1 Å². The molecule has 6 nitrogen and oxygen atoms in total. The van der Waals surface area contributed by atoms with Crippen molar-refractivity contribution in [2.45, 2.75) is 39.2 Å². The zero-order chi connectivity index (χ0) is 19.6. The molecule has 0 aliphatic heterocycles. The van der Waals surface area contributed by atoms with Crippen LogP contribution in [0.2, 0.25) is 5.02 Å². The van der Waals surface area contributed by atoms with Gasteiger partial charge in [0.2, 0.25) is 5.91 Å². The number of aromatic nitrogens is 1. The molecule has 9 heteroatoms. The summed E-state index contributed by atoms with van der Waals surface area (Å²) in [7, 11) is 1.73. The number of rotatable bonds is 8. The van der Waals surface area contributed by atoms with E-state index in [1.165, 1.54) is 0 Å². The van der Waals surface area contributed by atoms with Gasteiger partial charge in [0.1, 0.15) is 5.01 Å². The Labute approximate surface area is 192 Å². The predicted molar refractivity (Wildman–Crippen MR) is 129 cm³/mol. The average molecular weight is 536 g/mol. The fourth-order valence-electron chi connectivity index (χ4n) is 2.26. The normalized spacial score (nSPS) is 11.1. The first kappa shape index (κ1) is 24.6. The zero-order valence-corrected chi connectivity index (χ0v) is 20.2. The minimum absolute atomic E-state index is 0. The molecule has 0 unspecified atom stereocenters. The Hall–Kier alpha value is -1.39. The van der Waals surface area contributed by atoms with Crippen molar-refractivity contribution in [3.8, 4) is 0 Å². The van der Waals surface area contributed by atoms with Crippen LogP contribution in [0.5, 0.6) is 0 Å². The molecule has 1 heterocycles. The summed E-state index contributed by atoms with van der Waals surface area (Å²) in [6.07, 6.45) is 1.13. The largest absolute Gasteiger partial charge is 0.356 e. The van der Waals surface area contributed by atoms with Gasteiger partial charge in [-0.3, -0.25) is 9.79 Å². The summed E-state index contributed by atoms with van der Waals surface area (Å²) in [5.74, 6) is 1.12. The number of amides is 1. The maximum atomic E-state index is 12.0. The van der Waals surface area contributed by atoms with E-state index >= 15 is 0 Å². The molecule has 0 atom stereocenters. The van der Waals surface area contributed by atoms with Crippen LogP contribution in [0.3, 0.4) is 0 Å². The fraction of sp³-hybridized carbons (Fsp3) is 0.421. The quantitative estimate of drug-likeness (QED) is 0.199. The first-order valence-corrected chi connectivity index (χ1v) is 10.2. The van der Waals surface area contributed by atoms with Gasteiger partial charge in [-0.15, -0.1) is 35.3 Å². The van der Waals surface area contributed by atoms with Gasteiger partial charge in [-0.25, -0.2) is 4.98 Å².